The molecule has 0 unspecified atom stereocenters. The fourth-order valence-electron chi connectivity index (χ4n) is 3.65. The number of hydrogen-bond donors (Lipinski definition) is 1. The Bertz CT molecular complexity index is 1130. The number of hydrogen-bond acceptors (Lipinski definition) is 5. The Morgan fingerprint density at radius 3 is 2.50 bits per heavy atom. The van der Waals surface area contributed by atoms with Gasteiger partial charge >= 0.3 is 6.03 Å². The first-order chi connectivity index (χ1) is 16.4. The Hall–Kier alpha value is -3.52. The van der Waals surface area contributed by atoms with Crippen molar-refractivity contribution in [1.82, 2.24) is 9.80 Å². The number of rotatable bonds is 8. The van der Waals surface area contributed by atoms with Gasteiger partial charge in [0.25, 0.3) is 0 Å². The van der Waals surface area contributed by atoms with Gasteiger partial charge < -0.3 is 24.6 Å². The molecule has 4 rings (SSSR count). The molecule has 0 spiro atoms. The maximum absolute atomic E-state index is 13.5. The number of nitrogens with zero attached hydrogens (tertiary/aromatic N) is 2. The number of aryl methyl sites for hydroxylation is 1. The minimum Gasteiger partial charge on any atom is -0.454 e. The molecule has 0 fully saturated rings. The molecule has 1 aliphatic heterocycles. The molecule has 0 aliphatic carbocycles. The Morgan fingerprint density at radius 1 is 1.03 bits per heavy atom. The number of nitrogens with one attached hydrogen (secondary N) is 1. The zero-order valence-electron chi connectivity index (χ0n) is 19.6. The van der Waals surface area contributed by atoms with Gasteiger partial charge in [-0.05, 0) is 62.0 Å². The standard InChI is InChI=1S/C26H29N3O4S/c1-18(2)29(26(31)27-21-9-6-19(3)7-10-21)16-25(30)28(15-22-5-4-12-34-22)14-20-8-11-23-24(13-20)33-17-32-23/h4-13,18H,14-17H2,1-3H3,(H,27,31). The molecule has 2 heterocycles. The van der Waals surface area contributed by atoms with Crippen LogP contribution in [0.25, 0.3) is 0 Å². The molecule has 34 heavy (non-hydrogen) atoms. The van der Waals surface area contributed by atoms with Crippen molar-refractivity contribution in [3.8, 4) is 11.5 Å². The van der Waals surface area contributed by atoms with Crippen molar-refractivity contribution in [2.75, 3.05) is 18.7 Å². The van der Waals surface area contributed by atoms with Gasteiger partial charge in [0, 0.05) is 23.2 Å². The normalized spacial score (nSPS) is 12.0. The maximum Gasteiger partial charge on any atom is 0.322 e. The third-order valence-corrected chi connectivity index (χ3v) is 6.44. The SMILES string of the molecule is Cc1ccc(NC(=O)N(CC(=O)N(Cc2ccc3c(c2)OCO3)Cc2cccs2)C(C)C)cc1. The van der Waals surface area contributed by atoms with E-state index in [1.807, 2.05) is 80.7 Å². The van der Waals surface area contributed by atoms with Gasteiger partial charge in [0.1, 0.15) is 6.54 Å². The topological polar surface area (TPSA) is 71.1 Å². The van der Waals surface area contributed by atoms with E-state index in [0.29, 0.717) is 30.3 Å². The third-order valence-electron chi connectivity index (χ3n) is 5.58. The van der Waals surface area contributed by atoms with Crippen LogP contribution < -0.4 is 14.8 Å². The second kappa shape index (κ2) is 10.6. The van der Waals surface area contributed by atoms with Gasteiger partial charge in [-0.15, -0.1) is 11.3 Å². The van der Waals surface area contributed by atoms with E-state index in [4.69, 9.17) is 9.47 Å². The van der Waals surface area contributed by atoms with Gasteiger partial charge in [-0.2, -0.15) is 0 Å². The Balaban J connectivity index is 1.49. The number of anilines is 1. The Labute approximate surface area is 203 Å². The Kier molecular flexibility index (Phi) is 7.37. The molecule has 8 heteroatoms. The van der Waals surface area contributed by atoms with Crippen molar-refractivity contribution in [3.05, 3.63) is 76.0 Å². The van der Waals surface area contributed by atoms with Crippen LogP contribution in [0.4, 0.5) is 10.5 Å². The largest absolute Gasteiger partial charge is 0.454 e. The molecule has 1 aromatic heterocycles. The summed E-state index contributed by atoms with van der Waals surface area (Å²) in [6.07, 6.45) is 0. The molecule has 0 saturated carbocycles. The van der Waals surface area contributed by atoms with E-state index >= 15 is 0 Å². The van der Waals surface area contributed by atoms with Crippen LogP contribution in [0.1, 0.15) is 29.9 Å². The van der Waals surface area contributed by atoms with Crippen LogP contribution >= 0.6 is 11.3 Å². The highest BCUT2D eigenvalue weighted by Crippen LogP contribution is 2.33. The van der Waals surface area contributed by atoms with E-state index in [1.165, 1.54) is 0 Å². The van der Waals surface area contributed by atoms with Crippen molar-refractivity contribution in [2.24, 2.45) is 0 Å². The average Bonchev–Trinajstić information content (AvgIpc) is 3.49. The average molecular weight is 480 g/mol. The lowest BCUT2D eigenvalue weighted by atomic mass is 10.2. The summed E-state index contributed by atoms with van der Waals surface area (Å²) in [5, 5.41) is 4.90. The van der Waals surface area contributed by atoms with Crippen molar-refractivity contribution in [2.45, 2.75) is 39.9 Å². The van der Waals surface area contributed by atoms with Crippen LogP contribution in [-0.4, -0.2) is 41.1 Å². The maximum atomic E-state index is 13.5. The molecule has 0 saturated heterocycles. The second-order valence-electron chi connectivity index (χ2n) is 8.53. The number of urea groups is 1. The fourth-order valence-corrected chi connectivity index (χ4v) is 4.37. The predicted molar refractivity (Wildman–Crippen MR) is 133 cm³/mol. The Morgan fingerprint density at radius 2 is 1.79 bits per heavy atom. The van der Waals surface area contributed by atoms with E-state index in [0.717, 1.165) is 16.0 Å². The molecular weight excluding hydrogens is 450 g/mol. The molecule has 0 bridgehead atoms. The van der Waals surface area contributed by atoms with E-state index < -0.39 is 0 Å². The van der Waals surface area contributed by atoms with Crippen LogP contribution in [0.2, 0.25) is 0 Å². The molecule has 1 N–H and O–H groups in total. The summed E-state index contributed by atoms with van der Waals surface area (Å²) in [5.74, 6) is 1.26. The summed E-state index contributed by atoms with van der Waals surface area (Å²) >= 11 is 1.60. The molecule has 7 nitrogen and oxygen atoms in total. The van der Waals surface area contributed by atoms with Crippen molar-refractivity contribution >= 4 is 29.0 Å². The first kappa shape index (κ1) is 23.6. The van der Waals surface area contributed by atoms with Gasteiger partial charge in [-0.1, -0.05) is 29.8 Å². The van der Waals surface area contributed by atoms with Crippen LogP contribution in [-0.2, 0) is 17.9 Å². The number of fused-ring (bicyclic) bond motifs is 1. The molecule has 0 atom stereocenters. The number of thiophene rings is 1. The first-order valence-electron chi connectivity index (χ1n) is 11.2. The number of carbonyl (C=O) groups is 2. The summed E-state index contributed by atoms with van der Waals surface area (Å²) in [7, 11) is 0. The number of ether oxygens (including phenoxy) is 2. The molecule has 1 aliphatic rings. The number of carbonyl (C=O) groups excluding carboxylic acids is 2. The zero-order chi connectivity index (χ0) is 24.1. The molecule has 178 valence electrons. The fraction of sp³-hybridized carbons (Fsp3) is 0.308. The van der Waals surface area contributed by atoms with Crippen molar-refractivity contribution in [3.63, 3.8) is 0 Å². The van der Waals surface area contributed by atoms with Gasteiger partial charge in [0.15, 0.2) is 11.5 Å². The minimum absolute atomic E-state index is 0.0225. The summed E-state index contributed by atoms with van der Waals surface area (Å²) < 4.78 is 10.9. The quantitative estimate of drug-likeness (QED) is 0.479. The smallest absolute Gasteiger partial charge is 0.322 e. The zero-order valence-corrected chi connectivity index (χ0v) is 20.4. The van der Waals surface area contributed by atoms with Gasteiger partial charge in [-0.25, -0.2) is 4.79 Å². The third kappa shape index (κ3) is 5.88. The van der Waals surface area contributed by atoms with Gasteiger partial charge in [-0.3, -0.25) is 4.79 Å². The second-order valence-corrected chi connectivity index (χ2v) is 9.57. The predicted octanol–water partition coefficient (Wildman–Crippen LogP) is 5.26. The lowest BCUT2D eigenvalue weighted by Gasteiger charge is -2.30. The highest BCUT2D eigenvalue weighted by atomic mass is 32.1. The molecule has 3 aromatic rings. The van der Waals surface area contributed by atoms with Crippen LogP contribution in [0.5, 0.6) is 11.5 Å². The van der Waals surface area contributed by atoms with Gasteiger partial charge in [0.2, 0.25) is 12.7 Å². The number of amides is 3. The van der Waals surface area contributed by atoms with Crippen LogP contribution in [0.15, 0.2) is 60.0 Å². The van der Waals surface area contributed by atoms with Gasteiger partial charge in [0.05, 0.1) is 6.54 Å². The highest BCUT2D eigenvalue weighted by Gasteiger charge is 2.25. The molecule has 2 aromatic carbocycles. The first-order valence-corrected chi connectivity index (χ1v) is 12.1. The van der Waals surface area contributed by atoms with Crippen LogP contribution in [0, 0.1) is 6.92 Å². The summed E-state index contributed by atoms with van der Waals surface area (Å²) in [6, 6.07) is 16.8. The highest BCUT2D eigenvalue weighted by molar-refractivity contribution is 7.09. The molecule has 3 amide bonds. The lowest BCUT2D eigenvalue weighted by molar-refractivity contribution is -0.133. The van der Waals surface area contributed by atoms with Crippen molar-refractivity contribution in [1.29, 1.82) is 0 Å². The lowest BCUT2D eigenvalue weighted by Crippen LogP contribution is -2.47. The van der Waals surface area contributed by atoms with Crippen LogP contribution in [0.3, 0.4) is 0 Å². The van der Waals surface area contributed by atoms with E-state index in [1.54, 1.807) is 21.1 Å². The number of benzene rings is 2. The van der Waals surface area contributed by atoms with Crippen molar-refractivity contribution < 1.29 is 19.1 Å². The van der Waals surface area contributed by atoms with E-state index in [-0.39, 0.29) is 31.3 Å². The molecule has 0 radical (unpaired) electrons. The summed E-state index contributed by atoms with van der Waals surface area (Å²) in [5.41, 5.74) is 2.75. The van der Waals surface area contributed by atoms with E-state index in [9.17, 15) is 9.59 Å². The summed E-state index contributed by atoms with van der Waals surface area (Å²) in [4.78, 5) is 30.9. The van der Waals surface area contributed by atoms with E-state index in [2.05, 4.69) is 5.32 Å². The summed E-state index contributed by atoms with van der Waals surface area (Å²) in [6.45, 7) is 6.86. The molecular formula is C26H29N3O4S. The monoisotopic (exact) mass is 479 g/mol. The minimum atomic E-state index is -0.300.